The van der Waals surface area contributed by atoms with Crippen LogP contribution in [-0.2, 0) is 21.2 Å². The molecular formula is C24H24N4O3S. The maximum Gasteiger partial charge on any atom is 0.228 e. The molecule has 1 fully saturated rings. The third-order valence-electron chi connectivity index (χ3n) is 6.30. The Balaban J connectivity index is 1.38. The highest BCUT2D eigenvalue weighted by molar-refractivity contribution is 7.94. The highest BCUT2D eigenvalue weighted by atomic mass is 32.2. The van der Waals surface area contributed by atoms with Gasteiger partial charge in [-0.25, -0.2) is 8.42 Å². The van der Waals surface area contributed by atoms with Crippen LogP contribution in [0, 0.1) is 5.92 Å². The van der Waals surface area contributed by atoms with Gasteiger partial charge in [-0.1, -0.05) is 30.3 Å². The Labute approximate surface area is 187 Å². The highest BCUT2D eigenvalue weighted by Crippen LogP contribution is 2.41. The van der Waals surface area contributed by atoms with E-state index in [1.54, 1.807) is 23.4 Å². The Bertz CT molecular complexity index is 1240. The second-order valence-corrected chi connectivity index (χ2v) is 10.3. The molecule has 3 heterocycles. The predicted molar refractivity (Wildman–Crippen MR) is 121 cm³/mol. The first-order valence-electron chi connectivity index (χ1n) is 10.7. The number of amides is 1. The minimum Gasteiger partial charge on any atom is -0.331 e. The van der Waals surface area contributed by atoms with Gasteiger partial charge in [-0.05, 0) is 42.2 Å². The van der Waals surface area contributed by atoms with Crippen LogP contribution in [0.25, 0.3) is 11.1 Å². The third-order valence-corrected chi connectivity index (χ3v) is 7.68. The number of benzene rings is 1. The molecule has 0 spiro atoms. The average Bonchev–Trinajstić information content (AvgIpc) is 3.39. The van der Waals surface area contributed by atoms with Gasteiger partial charge in [0.2, 0.25) is 5.91 Å². The quantitative estimate of drug-likeness (QED) is 0.578. The monoisotopic (exact) mass is 448 g/mol. The zero-order valence-corrected chi connectivity index (χ0v) is 18.3. The number of hydrogen-bond donors (Lipinski definition) is 0. The van der Waals surface area contributed by atoms with Crippen molar-refractivity contribution in [2.45, 2.75) is 31.5 Å². The number of sulfone groups is 1. The molecule has 3 atom stereocenters. The lowest BCUT2D eigenvalue weighted by Crippen LogP contribution is -2.48. The summed E-state index contributed by atoms with van der Waals surface area (Å²) < 4.78 is 26.0. The van der Waals surface area contributed by atoms with Crippen molar-refractivity contribution in [3.05, 3.63) is 84.3 Å². The topological polar surface area (TPSA) is 85.2 Å². The van der Waals surface area contributed by atoms with E-state index in [1.165, 1.54) is 5.41 Å². The largest absolute Gasteiger partial charge is 0.331 e. The Hall–Kier alpha value is -3.26. The SMILES string of the molecule is O=C(C1CCC1n1cc(-c2ccccc2)cn1)N(Cc1ccncc1)C1C=CS(=O)(=O)C1. The second kappa shape index (κ2) is 8.35. The van der Waals surface area contributed by atoms with Crippen LogP contribution >= 0.6 is 0 Å². The fraction of sp³-hybridized carbons (Fsp3) is 0.292. The molecule has 0 saturated heterocycles. The van der Waals surface area contributed by atoms with Crippen LogP contribution < -0.4 is 0 Å². The number of aromatic nitrogens is 3. The summed E-state index contributed by atoms with van der Waals surface area (Å²) in [6, 6.07) is 13.2. The van der Waals surface area contributed by atoms with Gasteiger partial charge in [0.05, 0.1) is 30.0 Å². The maximum absolute atomic E-state index is 13.6. The van der Waals surface area contributed by atoms with E-state index in [1.807, 2.05) is 59.5 Å². The van der Waals surface area contributed by atoms with Crippen LogP contribution in [0.4, 0.5) is 0 Å². The van der Waals surface area contributed by atoms with Crippen molar-refractivity contribution in [2.75, 3.05) is 5.75 Å². The average molecular weight is 449 g/mol. The molecule has 2 aliphatic rings. The van der Waals surface area contributed by atoms with Gasteiger partial charge in [0, 0.05) is 36.1 Å². The first-order chi connectivity index (χ1) is 15.5. The number of hydrogen-bond acceptors (Lipinski definition) is 5. The zero-order valence-electron chi connectivity index (χ0n) is 17.5. The van der Waals surface area contributed by atoms with Gasteiger partial charge >= 0.3 is 0 Å². The van der Waals surface area contributed by atoms with Crippen LogP contribution in [0.5, 0.6) is 0 Å². The van der Waals surface area contributed by atoms with E-state index in [2.05, 4.69) is 10.1 Å². The van der Waals surface area contributed by atoms with Crippen molar-refractivity contribution in [1.29, 1.82) is 0 Å². The lowest BCUT2D eigenvalue weighted by atomic mass is 9.78. The van der Waals surface area contributed by atoms with Crippen LogP contribution in [-0.4, -0.2) is 45.8 Å². The minimum absolute atomic E-state index is 0.0260. The van der Waals surface area contributed by atoms with Gasteiger partial charge in [-0.3, -0.25) is 14.5 Å². The Morgan fingerprint density at radius 1 is 1.06 bits per heavy atom. The molecule has 32 heavy (non-hydrogen) atoms. The van der Waals surface area contributed by atoms with E-state index in [-0.39, 0.29) is 23.6 Å². The molecule has 7 nitrogen and oxygen atoms in total. The fourth-order valence-electron chi connectivity index (χ4n) is 4.40. The van der Waals surface area contributed by atoms with Gasteiger partial charge in [0.15, 0.2) is 9.84 Å². The van der Waals surface area contributed by atoms with E-state index in [4.69, 9.17) is 0 Å². The molecule has 1 saturated carbocycles. The lowest BCUT2D eigenvalue weighted by Gasteiger charge is -2.40. The predicted octanol–water partition coefficient (Wildman–Crippen LogP) is 3.24. The van der Waals surface area contributed by atoms with E-state index >= 15 is 0 Å². The van der Waals surface area contributed by atoms with Gasteiger partial charge < -0.3 is 4.90 Å². The third kappa shape index (κ3) is 4.10. The molecule has 5 rings (SSSR count). The Morgan fingerprint density at radius 2 is 1.84 bits per heavy atom. The first kappa shape index (κ1) is 20.6. The van der Waals surface area contributed by atoms with E-state index in [9.17, 15) is 13.2 Å². The normalized spacial score (nSPS) is 23.6. The molecule has 3 unspecified atom stereocenters. The van der Waals surface area contributed by atoms with Crippen molar-refractivity contribution in [2.24, 2.45) is 5.92 Å². The second-order valence-electron chi connectivity index (χ2n) is 8.37. The van der Waals surface area contributed by atoms with Gasteiger partial charge in [-0.15, -0.1) is 0 Å². The number of nitrogens with zero attached hydrogens (tertiary/aromatic N) is 4. The van der Waals surface area contributed by atoms with Crippen molar-refractivity contribution in [3.8, 4) is 11.1 Å². The molecular weight excluding hydrogens is 424 g/mol. The molecule has 3 aromatic rings. The molecule has 0 N–H and O–H groups in total. The van der Waals surface area contributed by atoms with Gasteiger partial charge in [0.1, 0.15) is 0 Å². The van der Waals surface area contributed by atoms with Crippen LogP contribution in [0.15, 0.2) is 78.7 Å². The van der Waals surface area contributed by atoms with Crippen molar-refractivity contribution >= 4 is 15.7 Å². The summed E-state index contributed by atoms with van der Waals surface area (Å²) in [6.45, 7) is 0.351. The molecule has 1 aromatic carbocycles. The zero-order chi connectivity index (χ0) is 22.1. The number of rotatable bonds is 6. The summed E-state index contributed by atoms with van der Waals surface area (Å²) in [5, 5.41) is 5.76. The van der Waals surface area contributed by atoms with Crippen LogP contribution in [0.1, 0.15) is 24.4 Å². The van der Waals surface area contributed by atoms with Crippen molar-refractivity contribution in [3.63, 3.8) is 0 Å². The van der Waals surface area contributed by atoms with Crippen molar-refractivity contribution in [1.82, 2.24) is 19.7 Å². The summed E-state index contributed by atoms with van der Waals surface area (Å²) in [6.07, 6.45) is 10.4. The number of pyridine rings is 1. The van der Waals surface area contributed by atoms with E-state index in [0.29, 0.717) is 6.54 Å². The smallest absolute Gasteiger partial charge is 0.228 e. The summed E-state index contributed by atoms with van der Waals surface area (Å²) >= 11 is 0. The van der Waals surface area contributed by atoms with Gasteiger partial charge in [-0.2, -0.15) is 5.10 Å². The molecule has 2 aromatic heterocycles. The molecule has 0 radical (unpaired) electrons. The molecule has 164 valence electrons. The first-order valence-corrected chi connectivity index (χ1v) is 12.4. The maximum atomic E-state index is 13.6. The number of carbonyl (C=O) groups is 1. The molecule has 1 amide bonds. The molecule has 8 heteroatoms. The molecule has 1 aliphatic heterocycles. The molecule has 0 bridgehead atoms. The summed E-state index contributed by atoms with van der Waals surface area (Å²) in [5.74, 6) is -0.320. The van der Waals surface area contributed by atoms with Crippen molar-refractivity contribution < 1.29 is 13.2 Å². The molecule has 1 aliphatic carbocycles. The Morgan fingerprint density at radius 3 is 2.50 bits per heavy atom. The van der Waals surface area contributed by atoms with Crippen LogP contribution in [0.2, 0.25) is 0 Å². The van der Waals surface area contributed by atoms with Crippen LogP contribution in [0.3, 0.4) is 0 Å². The highest BCUT2D eigenvalue weighted by Gasteiger charge is 2.43. The fourth-order valence-corrected chi connectivity index (χ4v) is 5.70. The number of carbonyl (C=O) groups excluding carboxylic acids is 1. The summed E-state index contributed by atoms with van der Waals surface area (Å²) in [4.78, 5) is 19.4. The standard InChI is InChI=1S/C24H24N4O3S/c29-24(27(15-18-8-11-25-12-9-18)21-10-13-32(30,31)17-21)22-6-7-23(22)28-16-20(14-26-28)19-4-2-1-3-5-19/h1-5,8-14,16,21-23H,6-7,15,17H2. The summed E-state index contributed by atoms with van der Waals surface area (Å²) in [7, 11) is -3.28. The lowest BCUT2D eigenvalue weighted by molar-refractivity contribution is -0.142. The van der Waals surface area contributed by atoms with Gasteiger partial charge in [0.25, 0.3) is 0 Å². The van der Waals surface area contributed by atoms with E-state index < -0.39 is 15.9 Å². The minimum atomic E-state index is -3.28. The summed E-state index contributed by atoms with van der Waals surface area (Å²) in [5.41, 5.74) is 3.02. The Kier molecular flexibility index (Phi) is 5.38. The van der Waals surface area contributed by atoms with E-state index in [0.717, 1.165) is 29.5 Å².